The van der Waals surface area contributed by atoms with Gasteiger partial charge in [0.1, 0.15) is 0 Å². The maximum Gasteiger partial charge on any atom is 0.241 e. The molecular formula is C23H31N5O2S. The molecule has 0 atom stereocenters. The fourth-order valence-corrected chi connectivity index (χ4v) is 5.08. The van der Waals surface area contributed by atoms with Crippen LogP contribution in [0, 0.1) is 0 Å². The SMILES string of the molecule is CN=C(NCCc1c[nH]c2ccccc12)NCc1ccccc1S(=O)(=O)NC(C)(C)C. The highest BCUT2D eigenvalue weighted by Crippen LogP contribution is 2.18. The molecule has 0 bridgehead atoms. The van der Waals surface area contributed by atoms with E-state index >= 15 is 0 Å². The number of aliphatic imine (C=N–C) groups is 1. The minimum absolute atomic E-state index is 0.270. The van der Waals surface area contributed by atoms with E-state index < -0.39 is 15.6 Å². The molecule has 7 nitrogen and oxygen atoms in total. The maximum atomic E-state index is 12.8. The first kappa shape index (κ1) is 22.8. The van der Waals surface area contributed by atoms with E-state index in [1.165, 1.54) is 10.9 Å². The first-order valence-electron chi connectivity index (χ1n) is 10.3. The summed E-state index contributed by atoms with van der Waals surface area (Å²) in [7, 11) is -1.93. The molecular weight excluding hydrogens is 410 g/mol. The summed E-state index contributed by atoms with van der Waals surface area (Å²) in [5, 5.41) is 7.74. The molecule has 0 aliphatic carbocycles. The maximum absolute atomic E-state index is 12.8. The molecule has 0 unspecified atom stereocenters. The minimum Gasteiger partial charge on any atom is -0.361 e. The Bertz CT molecular complexity index is 1160. The quantitative estimate of drug-likeness (QED) is 0.334. The third-order valence-electron chi connectivity index (χ3n) is 4.73. The van der Waals surface area contributed by atoms with Gasteiger partial charge in [-0.25, -0.2) is 13.1 Å². The average molecular weight is 442 g/mol. The number of hydrogen-bond acceptors (Lipinski definition) is 3. The Balaban J connectivity index is 1.61. The van der Waals surface area contributed by atoms with E-state index in [-0.39, 0.29) is 4.90 Å². The van der Waals surface area contributed by atoms with Gasteiger partial charge in [-0.2, -0.15) is 0 Å². The summed E-state index contributed by atoms with van der Waals surface area (Å²) in [6.45, 7) is 6.52. The van der Waals surface area contributed by atoms with E-state index in [0.29, 0.717) is 24.6 Å². The third kappa shape index (κ3) is 6.08. The van der Waals surface area contributed by atoms with Gasteiger partial charge in [0, 0.05) is 42.8 Å². The molecule has 1 aromatic heterocycles. The number of H-pyrrole nitrogens is 1. The van der Waals surface area contributed by atoms with Crippen molar-refractivity contribution in [2.75, 3.05) is 13.6 Å². The number of hydrogen-bond donors (Lipinski definition) is 4. The number of aromatic amines is 1. The highest BCUT2D eigenvalue weighted by Gasteiger charge is 2.24. The van der Waals surface area contributed by atoms with Crippen molar-refractivity contribution < 1.29 is 8.42 Å². The molecule has 3 aromatic rings. The Labute approximate surface area is 184 Å². The van der Waals surface area contributed by atoms with Crippen LogP contribution >= 0.6 is 0 Å². The van der Waals surface area contributed by atoms with Crippen LogP contribution in [0.1, 0.15) is 31.9 Å². The largest absolute Gasteiger partial charge is 0.361 e. The second-order valence-corrected chi connectivity index (χ2v) is 10.1. The Hall–Kier alpha value is -2.84. The van der Waals surface area contributed by atoms with Crippen LogP contribution in [0.5, 0.6) is 0 Å². The second kappa shape index (κ2) is 9.53. The molecule has 31 heavy (non-hydrogen) atoms. The highest BCUT2D eigenvalue weighted by atomic mass is 32.2. The lowest BCUT2D eigenvalue weighted by atomic mass is 10.1. The zero-order chi connectivity index (χ0) is 22.5. The Kier molecular flexibility index (Phi) is 7.02. The summed E-state index contributed by atoms with van der Waals surface area (Å²) >= 11 is 0. The number of aromatic nitrogens is 1. The van der Waals surface area contributed by atoms with Crippen molar-refractivity contribution in [2.45, 2.75) is 44.2 Å². The number of nitrogens with zero attached hydrogens (tertiary/aromatic N) is 1. The number of guanidine groups is 1. The number of rotatable bonds is 7. The van der Waals surface area contributed by atoms with E-state index in [1.54, 1.807) is 19.2 Å². The van der Waals surface area contributed by atoms with Gasteiger partial charge in [0.05, 0.1) is 4.90 Å². The molecule has 4 N–H and O–H groups in total. The van der Waals surface area contributed by atoms with Crippen molar-refractivity contribution in [2.24, 2.45) is 4.99 Å². The number of nitrogens with one attached hydrogen (secondary N) is 4. The van der Waals surface area contributed by atoms with E-state index in [0.717, 1.165) is 11.9 Å². The molecule has 2 aromatic carbocycles. The number of fused-ring (bicyclic) bond motifs is 1. The van der Waals surface area contributed by atoms with Gasteiger partial charge >= 0.3 is 0 Å². The minimum atomic E-state index is -3.62. The zero-order valence-corrected chi connectivity index (χ0v) is 19.3. The predicted molar refractivity (Wildman–Crippen MR) is 127 cm³/mol. The van der Waals surface area contributed by atoms with Crippen molar-refractivity contribution in [3.63, 3.8) is 0 Å². The Morgan fingerprint density at radius 2 is 1.71 bits per heavy atom. The summed E-state index contributed by atoms with van der Waals surface area (Å²) in [5.74, 6) is 0.621. The summed E-state index contributed by atoms with van der Waals surface area (Å²) < 4.78 is 28.3. The summed E-state index contributed by atoms with van der Waals surface area (Å²) in [5.41, 5.74) is 2.49. The predicted octanol–water partition coefficient (Wildman–Crippen LogP) is 3.15. The van der Waals surface area contributed by atoms with Crippen molar-refractivity contribution >= 4 is 26.9 Å². The smallest absolute Gasteiger partial charge is 0.241 e. The van der Waals surface area contributed by atoms with Crippen molar-refractivity contribution in [1.82, 2.24) is 20.3 Å². The van der Waals surface area contributed by atoms with Crippen molar-refractivity contribution in [3.05, 3.63) is 65.9 Å². The molecule has 3 rings (SSSR count). The number of benzene rings is 2. The van der Waals surface area contributed by atoms with Gasteiger partial charge in [-0.15, -0.1) is 0 Å². The molecule has 0 fully saturated rings. The van der Waals surface area contributed by atoms with Gasteiger partial charge in [0.15, 0.2) is 5.96 Å². The molecule has 0 amide bonds. The van der Waals surface area contributed by atoms with Gasteiger partial charge in [-0.3, -0.25) is 4.99 Å². The van der Waals surface area contributed by atoms with Crippen LogP contribution in [0.15, 0.2) is 64.6 Å². The van der Waals surface area contributed by atoms with Gasteiger partial charge in [0.2, 0.25) is 10.0 Å². The van der Waals surface area contributed by atoms with Gasteiger partial charge in [-0.05, 0) is 50.5 Å². The molecule has 0 aliphatic heterocycles. The summed E-state index contributed by atoms with van der Waals surface area (Å²) in [6, 6.07) is 15.2. The Morgan fingerprint density at radius 1 is 1.00 bits per heavy atom. The fourth-order valence-electron chi connectivity index (χ4n) is 3.42. The first-order valence-corrected chi connectivity index (χ1v) is 11.8. The van der Waals surface area contributed by atoms with Gasteiger partial charge < -0.3 is 15.6 Å². The average Bonchev–Trinajstić information content (AvgIpc) is 3.12. The van der Waals surface area contributed by atoms with Gasteiger partial charge in [-0.1, -0.05) is 36.4 Å². The fraction of sp³-hybridized carbons (Fsp3) is 0.348. The van der Waals surface area contributed by atoms with Crippen LogP contribution in [-0.4, -0.2) is 38.5 Å². The molecule has 0 saturated heterocycles. The summed E-state index contributed by atoms with van der Waals surface area (Å²) in [4.78, 5) is 7.81. The lowest BCUT2D eigenvalue weighted by Gasteiger charge is -2.22. The monoisotopic (exact) mass is 441 g/mol. The molecule has 8 heteroatoms. The Morgan fingerprint density at radius 3 is 2.45 bits per heavy atom. The van der Waals surface area contributed by atoms with Crippen LogP contribution in [-0.2, 0) is 23.0 Å². The van der Waals surface area contributed by atoms with Crippen molar-refractivity contribution in [1.29, 1.82) is 0 Å². The zero-order valence-electron chi connectivity index (χ0n) is 18.5. The number of para-hydroxylation sites is 1. The van der Waals surface area contributed by atoms with Crippen LogP contribution in [0.3, 0.4) is 0 Å². The normalized spacial score (nSPS) is 12.8. The van der Waals surface area contributed by atoms with Crippen LogP contribution < -0.4 is 15.4 Å². The van der Waals surface area contributed by atoms with E-state index in [1.807, 2.05) is 51.2 Å². The number of sulfonamides is 1. The van der Waals surface area contributed by atoms with Crippen LogP contribution in [0.4, 0.5) is 0 Å². The molecule has 166 valence electrons. The molecule has 0 saturated carbocycles. The van der Waals surface area contributed by atoms with Crippen LogP contribution in [0.25, 0.3) is 10.9 Å². The lowest BCUT2D eigenvalue weighted by Crippen LogP contribution is -2.41. The molecule has 0 radical (unpaired) electrons. The molecule has 1 heterocycles. The second-order valence-electron chi connectivity index (χ2n) is 8.43. The van der Waals surface area contributed by atoms with Crippen molar-refractivity contribution in [3.8, 4) is 0 Å². The van der Waals surface area contributed by atoms with E-state index in [2.05, 4.69) is 37.5 Å². The summed E-state index contributed by atoms with van der Waals surface area (Å²) in [6.07, 6.45) is 2.87. The van der Waals surface area contributed by atoms with E-state index in [4.69, 9.17) is 0 Å². The topological polar surface area (TPSA) is 98.4 Å². The standard InChI is InChI=1S/C23H31N5O2S/c1-23(2,3)28-31(29,30)21-12-8-5-9-18(21)16-27-22(24-4)25-14-13-17-15-26-20-11-7-6-10-19(17)20/h5-12,15,26,28H,13-14,16H2,1-4H3,(H2,24,25,27). The molecule has 0 aliphatic rings. The van der Waals surface area contributed by atoms with Crippen LogP contribution in [0.2, 0.25) is 0 Å². The molecule has 0 spiro atoms. The van der Waals surface area contributed by atoms with Gasteiger partial charge in [0.25, 0.3) is 0 Å². The lowest BCUT2D eigenvalue weighted by molar-refractivity contribution is 0.491. The first-order chi connectivity index (χ1) is 14.7. The van der Waals surface area contributed by atoms with E-state index in [9.17, 15) is 8.42 Å². The third-order valence-corrected chi connectivity index (χ3v) is 6.59. The highest BCUT2D eigenvalue weighted by molar-refractivity contribution is 7.89.